The number of sulfonamides is 1. The fraction of sp³-hybridized carbons (Fsp3) is 0.211. The van der Waals surface area contributed by atoms with Crippen molar-refractivity contribution in [1.82, 2.24) is 15.0 Å². The summed E-state index contributed by atoms with van der Waals surface area (Å²) in [4.78, 5) is 4.26. The molecule has 0 radical (unpaired) electrons. The van der Waals surface area contributed by atoms with Crippen LogP contribution in [0.15, 0.2) is 59.8 Å². The maximum absolute atomic E-state index is 12.6. The molecular weight excluding hydrogens is 492 g/mol. The fourth-order valence-corrected chi connectivity index (χ4v) is 4.35. The first-order chi connectivity index (χ1) is 13.5. The first-order valence-electron chi connectivity index (χ1n) is 8.58. The van der Waals surface area contributed by atoms with Gasteiger partial charge in [0, 0.05) is 47.8 Å². The average molecular weight is 513 g/mol. The highest BCUT2D eigenvalue weighted by Crippen LogP contribution is 2.27. The van der Waals surface area contributed by atoms with Gasteiger partial charge in [-0.2, -0.15) is 0 Å². The van der Waals surface area contributed by atoms with Crippen molar-refractivity contribution in [3.63, 3.8) is 0 Å². The summed E-state index contributed by atoms with van der Waals surface area (Å²) in [6.45, 7) is 1.65. The van der Waals surface area contributed by atoms with E-state index in [4.69, 9.17) is 27.9 Å². The van der Waals surface area contributed by atoms with E-state index in [1.165, 1.54) is 0 Å². The lowest BCUT2D eigenvalue weighted by Gasteiger charge is -2.11. The Morgan fingerprint density at radius 2 is 1.80 bits per heavy atom. The van der Waals surface area contributed by atoms with Crippen LogP contribution in [0.5, 0.6) is 5.75 Å². The lowest BCUT2D eigenvalue weighted by Crippen LogP contribution is -2.33. The van der Waals surface area contributed by atoms with Crippen LogP contribution in [0, 0.1) is 0 Å². The van der Waals surface area contributed by atoms with Crippen LogP contribution in [0.4, 0.5) is 0 Å². The first kappa shape index (κ1) is 26.7. The molecule has 0 aliphatic rings. The summed E-state index contributed by atoms with van der Waals surface area (Å²) in [5.41, 5.74) is 0. The molecule has 0 bridgehead atoms. The van der Waals surface area contributed by atoms with Crippen molar-refractivity contribution in [3.8, 4) is 5.75 Å². The van der Waals surface area contributed by atoms with Crippen molar-refractivity contribution < 1.29 is 13.2 Å². The predicted octanol–water partition coefficient (Wildman–Crippen LogP) is 4.33. The monoisotopic (exact) mass is 511 g/mol. The molecule has 6 nitrogen and oxygen atoms in total. The number of benzene rings is 2. The van der Waals surface area contributed by atoms with Gasteiger partial charge in [0.15, 0.2) is 0 Å². The standard InChI is InChI=1S/C19H19Cl2N3O3S.2ClH/c20-15-4-5-18(17(21)12-15)27-11-10-22-8-9-24-28(25,26)19-3-1-2-14-13-23-7-6-16(14)19;;/h1-7,12-13,22,24H,8-11H2;2*1H. The molecule has 1 heterocycles. The Balaban J connectivity index is 0.00000225. The molecule has 0 amide bonds. The van der Waals surface area contributed by atoms with Gasteiger partial charge in [-0.25, -0.2) is 13.1 Å². The molecule has 2 aromatic carbocycles. The Kier molecular flexibility index (Phi) is 11.1. The largest absolute Gasteiger partial charge is 0.491 e. The van der Waals surface area contributed by atoms with Gasteiger partial charge in [0.05, 0.1) is 9.92 Å². The molecule has 0 aliphatic carbocycles. The van der Waals surface area contributed by atoms with Gasteiger partial charge in [0.1, 0.15) is 12.4 Å². The summed E-state index contributed by atoms with van der Waals surface area (Å²) >= 11 is 11.9. The number of pyridine rings is 1. The molecule has 1 aromatic heterocycles. The minimum absolute atomic E-state index is 0. The maximum Gasteiger partial charge on any atom is 0.241 e. The van der Waals surface area contributed by atoms with E-state index in [0.29, 0.717) is 40.9 Å². The number of aromatic nitrogens is 1. The van der Waals surface area contributed by atoms with Crippen molar-refractivity contribution >= 4 is 68.8 Å². The van der Waals surface area contributed by atoms with Crippen LogP contribution >= 0.6 is 48.0 Å². The van der Waals surface area contributed by atoms with Gasteiger partial charge in [-0.1, -0.05) is 35.3 Å². The third-order valence-electron chi connectivity index (χ3n) is 3.95. The fourth-order valence-electron chi connectivity index (χ4n) is 2.63. The summed E-state index contributed by atoms with van der Waals surface area (Å²) in [7, 11) is -3.61. The SMILES string of the molecule is Cl.Cl.O=S(=O)(NCCNCCOc1ccc(Cl)cc1Cl)c1cccc2cnccc12. The van der Waals surface area contributed by atoms with Crippen LogP contribution in [0.1, 0.15) is 0 Å². The van der Waals surface area contributed by atoms with Crippen molar-refractivity contribution in [1.29, 1.82) is 0 Å². The average Bonchev–Trinajstić information content (AvgIpc) is 2.68. The van der Waals surface area contributed by atoms with E-state index in [1.54, 1.807) is 48.8 Å². The number of nitrogens with one attached hydrogen (secondary N) is 2. The second-order valence-electron chi connectivity index (χ2n) is 5.92. The molecule has 3 rings (SSSR count). The van der Waals surface area contributed by atoms with E-state index in [2.05, 4.69) is 15.0 Å². The van der Waals surface area contributed by atoms with E-state index in [0.717, 1.165) is 5.39 Å². The van der Waals surface area contributed by atoms with Gasteiger partial charge in [-0.3, -0.25) is 4.98 Å². The molecule has 30 heavy (non-hydrogen) atoms. The minimum atomic E-state index is -3.61. The second kappa shape index (κ2) is 12.5. The maximum atomic E-state index is 12.6. The van der Waals surface area contributed by atoms with Gasteiger partial charge in [0.25, 0.3) is 0 Å². The number of ether oxygens (including phenoxy) is 1. The number of halogens is 4. The first-order valence-corrected chi connectivity index (χ1v) is 10.8. The number of hydrogen-bond acceptors (Lipinski definition) is 5. The lowest BCUT2D eigenvalue weighted by atomic mass is 10.2. The van der Waals surface area contributed by atoms with Crippen molar-refractivity contribution in [2.75, 3.05) is 26.2 Å². The Hall–Kier alpha value is -1.32. The summed E-state index contributed by atoms with van der Waals surface area (Å²) in [5, 5.41) is 5.54. The van der Waals surface area contributed by atoms with Gasteiger partial charge in [-0.15, -0.1) is 24.8 Å². The Labute approximate surface area is 198 Å². The Morgan fingerprint density at radius 3 is 2.57 bits per heavy atom. The Bertz CT molecular complexity index is 1060. The summed E-state index contributed by atoms with van der Waals surface area (Å²) in [5.74, 6) is 0.555. The van der Waals surface area contributed by atoms with Crippen molar-refractivity contribution in [3.05, 3.63) is 64.9 Å². The summed E-state index contributed by atoms with van der Waals surface area (Å²) < 4.78 is 33.3. The van der Waals surface area contributed by atoms with E-state index < -0.39 is 10.0 Å². The van der Waals surface area contributed by atoms with E-state index >= 15 is 0 Å². The molecule has 0 saturated carbocycles. The van der Waals surface area contributed by atoms with E-state index in [-0.39, 0.29) is 36.3 Å². The molecule has 0 unspecified atom stereocenters. The molecule has 164 valence electrons. The van der Waals surface area contributed by atoms with Crippen LogP contribution in [0.2, 0.25) is 10.0 Å². The molecule has 2 N–H and O–H groups in total. The van der Waals surface area contributed by atoms with Gasteiger partial charge in [-0.05, 0) is 30.3 Å². The molecule has 0 aliphatic heterocycles. The van der Waals surface area contributed by atoms with E-state index in [9.17, 15) is 8.42 Å². The second-order valence-corrected chi connectivity index (χ2v) is 8.50. The lowest BCUT2D eigenvalue weighted by molar-refractivity contribution is 0.315. The summed E-state index contributed by atoms with van der Waals surface area (Å²) in [6.07, 6.45) is 3.22. The topological polar surface area (TPSA) is 80.3 Å². The van der Waals surface area contributed by atoms with Crippen molar-refractivity contribution in [2.24, 2.45) is 0 Å². The highest BCUT2D eigenvalue weighted by Gasteiger charge is 2.16. The van der Waals surface area contributed by atoms with Crippen LogP contribution in [-0.4, -0.2) is 39.6 Å². The molecule has 0 spiro atoms. The Morgan fingerprint density at radius 1 is 1.00 bits per heavy atom. The molecule has 11 heteroatoms. The highest BCUT2D eigenvalue weighted by atomic mass is 35.5. The quantitative estimate of drug-likeness (QED) is 0.417. The zero-order chi connectivity index (χ0) is 20.0. The van der Waals surface area contributed by atoms with Gasteiger partial charge >= 0.3 is 0 Å². The highest BCUT2D eigenvalue weighted by molar-refractivity contribution is 7.89. The smallest absolute Gasteiger partial charge is 0.241 e. The number of fused-ring (bicyclic) bond motifs is 1. The molecule has 0 fully saturated rings. The van der Waals surface area contributed by atoms with E-state index in [1.807, 2.05) is 6.07 Å². The molecule has 0 saturated heterocycles. The molecular formula is C19H21Cl4N3O3S. The van der Waals surface area contributed by atoms with Crippen molar-refractivity contribution in [2.45, 2.75) is 4.90 Å². The van der Waals surface area contributed by atoms with Crippen LogP contribution < -0.4 is 14.8 Å². The number of nitrogens with zero attached hydrogens (tertiary/aromatic N) is 1. The van der Waals surface area contributed by atoms with Gasteiger partial charge < -0.3 is 10.1 Å². The van der Waals surface area contributed by atoms with Crippen LogP contribution in [-0.2, 0) is 10.0 Å². The predicted molar refractivity (Wildman–Crippen MR) is 126 cm³/mol. The van der Waals surface area contributed by atoms with Crippen LogP contribution in [0.3, 0.4) is 0 Å². The summed E-state index contributed by atoms with van der Waals surface area (Å²) in [6, 6.07) is 11.8. The third kappa shape index (κ3) is 7.13. The third-order valence-corrected chi connectivity index (χ3v) is 6.00. The normalized spacial score (nSPS) is 10.9. The molecule has 0 atom stereocenters. The molecule has 3 aromatic rings. The van der Waals surface area contributed by atoms with Crippen LogP contribution in [0.25, 0.3) is 10.8 Å². The zero-order valence-electron chi connectivity index (χ0n) is 15.7. The number of rotatable bonds is 9. The minimum Gasteiger partial charge on any atom is -0.491 e. The number of hydrogen-bond donors (Lipinski definition) is 2. The zero-order valence-corrected chi connectivity index (χ0v) is 19.6. The van der Waals surface area contributed by atoms with Gasteiger partial charge in [0.2, 0.25) is 10.0 Å².